The summed E-state index contributed by atoms with van der Waals surface area (Å²) in [4.78, 5) is 13.1. The number of aryl methyl sites for hydroxylation is 1. The van der Waals surface area contributed by atoms with E-state index in [1.54, 1.807) is 36.8 Å². The minimum Gasteiger partial charge on any atom is -0.383 e. The Morgan fingerprint density at radius 1 is 1.04 bits per heavy atom. The maximum atomic E-state index is 13.0. The van der Waals surface area contributed by atoms with Crippen molar-refractivity contribution in [2.75, 3.05) is 11.9 Å². The Kier molecular flexibility index (Phi) is 4.77. The molecule has 1 unspecified atom stereocenters. The van der Waals surface area contributed by atoms with Crippen LogP contribution in [0.3, 0.4) is 0 Å². The van der Waals surface area contributed by atoms with Crippen molar-refractivity contribution in [3.05, 3.63) is 72.1 Å². The first-order valence-electron chi connectivity index (χ1n) is 7.63. The lowest BCUT2D eigenvalue weighted by molar-refractivity contribution is 0.628. The minimum absolute atomic E-state index is 0.270. The SMILES string of the molecule is Cc1ccnc(C(N)CNc2ccc(F)cc2)c1-c1ncccn1. The van der Waals surface area contributed by atoms with Gasteiger partial charge in [0, 0.05) is 36.4 Å². The number of hydrogen-bond donors (Lipinski definition) is 2. The summed E-state index contributed by atoms with van der Waals surface area (Å²) in [6.07, 6.45) is 5.12. The summed E-state index contributed by atoms with van der Waals surface area (Å²) in [7, 11) is 0. The fourth-order valence-corrected chi connectivity index (χ4v) is 2.47. The van der Waals surface area contributed by atoms with Crippen molar-refractivity contribution in [1.82, 2.24) is 15.0 Å². The van der Waals surface area contributed by atoms with Crippen LogP contribution in [0.4, 0.5) is 10.1 Å². The second kappa shape index (κ2) is 7.14. The van der Waals surface area contributed by atoms with Gasteiger partial charge in [0.25, 0.3) is 0 Å². The van der Waals surface area contributed by atoms with E-state index >= 15 is 0 Å². The van der Waals surface area contributed by atoms with Crippen LogP contribution in [0.15, 0.2) is 55.0 Å². The Bertz CT molecular complexity index is 805. The van der Waals surface area contributed by atoms with E-state index < -0.39 is 0 Å². The number of aromatic nitrogens is 3. The van der Waals surface area contributed by atoms with E-state index in [9.17, 15) is 4.39 Å². The Hall–Kier alpha value is -2.86. The molecule has 0 radical (unpaired) electrons. The number of benzene rings is 1. The molecule has 0 aliphatic carbocycles. The highest BCUT2D eigenvalue weighted by molar-refractivity contribution is 5.63. The molecule has 0 saturated carbocycles. The van der Waals surface area contributed by atoms with Gasteiger partial charge in [0.2, 0.25) is 0 Å². The predicted octanol–water partition coefficient (Wildman–Crippen LogP) is 3.10. The average Bonchev–Trinajstić information content (AvgIpc) is 2.61. The second-order valence-corrected chi connectivity index (χ2v) is 5.45. The number of nitrogens with two attached hydrogens (primary N) is 1. The molecule has 1 atom stereocenters. The zero-order chi connectivity index (χ0) is 16.9. The minimum atomic E-state index is -0.353. The van der Waals surface area contributed by atoms with Crippen LogP contribution < -0.4 is 11.1 Å². The summed E-state index contributed by atoms with van der Waals surface area (Å²) in [6.45, 7) is 2.44. The highest BCUT2D eigenvalue weighted by Gasteiger charge is 2.17. The first kappa shape index (κ1) is 16.0. The monoisotopic (exact) mass is 323 g/mol. The summed E-state index contributed by atoms with van der Waals surface area (Å²) in [6, 6.07) is 9.48. The molecule has 3 N–H and O–H groups in total. The van der Waals surface area contributed by atoms with Crippen molar-refractivity contribution in [2.45, 2.75) is 13.0 Å². The molecule has 3 aromatic rings. The quantitative estimate of drug-likeness (QED) is 0.754. The molecule has 2 heterocycles. The molecule has 0 bridgehead atoms. The Morgan fingerprint density at radius 2 is 1.75 bits per heavy atom. The smallest absolute Gasteiger partial charge is 0.161 e. The maximum Gasteiger partial charge on any atom is 0.161 e. The van der Waals surface area contributed by atoms with E-state index in [0.717, 1.165) is 22.5 Å². The predicted molar refractivity (Wildman–Crippen MR) is 91.8 cm³/mol. The van der Waals surface area contributed by atoms with Crippen LogP contribution in [0.2, 0.25) is 0 Å². The normalized spacial score (nSPS) is 12.0. The highest BCUT2D eigenvalue weighted by atomic mass is 19.1. The number of hydrogen-bond acceptors (Lipinski definition) is 5. The molecule has 0 spiro atoms. The van der Waals surface area contributed by atoms with Crippen molar-refractivity contribution in [3.8, 4) is 11.4 Å². The van der Waals surface area contributed by atoms with Crippen LogP contribution in [0, 0.1) is 12.7 Å². The zero-order valence-corrected chi connectivity index (χ0v) is 13.3. The van der Waals surface area contributed by atoms with Gasteiger partial charge in [0.05, 0.1) is 11.7 Å². The first-order valence-corrected chi connectivity index (χ1v) is 7.63. The van der Waals surface area contributed by atoms with Gasteiger partial charge in [-0.25, -0.2) is 14.4 Å². The number of halogens is 1. The molecule has 6 heteroatoms. The third-order valence-corrected chi connectivity index (χ3v) is 3.70. The molecule has 0 fully saturated rings. The van der Waals surface area contributed by atoms with Gasteiger partial charge in [-0.2, -0.15) is 0 Å². The average molecular weight is 323 g/mol. The maximum absolute atomic E-state index is 13.0. The van der Waals surface area contributed by atoms with Crippen LogP contribution in [0.1, 0.15) is 17.3 Å². The van der Waals surface area contributed by atoms with Crippen LogP contribution in [0.5, 0.6) is 0 Å². The van der Waals surface area contributed by atoms with Crippen molar-refractivity contribution in [1.29, 1.82) is 0 Å². The van der Waals surface area contributed by atoms with Gasteiger partial charge in [-0.1, -0.05) is 0 Å². The van der Waals surface area contributed by atoms with Gasteiger partial charge in [0.15, 0.2) is 5.82 Å². The molecule has 0 aliphatic rings. The molecular weight excluding hydrogens is 305 g/mol. The Morgan fingerprint density at radius 3 is 2.46 bits per heavy atom. The number of anilines is 1. The fourth-order valence-electron chi connectivity index (χ4n) is 2.47. The number of rotatable bonds is 5. The zero-order valence-electron chi connectivity index (χ0n) is 13.3. The van der Waals surface area contributed by atoms with E-state index in [4.69, 9.17) is 5.73 Å². The summed E-state index contributed by atoms with van der Waals surface area (Å²) < 4.78 is 13.0. The number of nitrogens with one attached hydrogen (secondary N) is 1. The van der Waals surface area contributed by atoms with Gasteiger partial charge in [-0.3, -0.25) is 4.98 Å². The van der Waals surface area contributed by atoms with E-state index in [0.29, 0.717) is 12.4 Å². The van der Waals surface area contributed by atoms with Crippen LogP contribution in [-0.4, -0.2) is 21.5 Å². The van der Waals surface area contributed by atoms with E-state index in [1.807, 2.05) is 13.0 Å². The first-order chi connectivity index (χ1) is 11.6. The fraction of sp³-hybridized carbons (Fsp3) is 0.167. The molecule has 3 rings (SSSR count). The second-order valence-electron chi connectivity index (χ2n) is 5.45. The number of nitrogens with zero attached hydrogens (tertiary/aromatic N) is 3. The molecule has 0 aliphatic heterocycles. The lowest BCUT2D eigenvalue weighted by Gasteiger charge is -2.17. The van der Waals surface area contributed by atoms with Gasteiger partial charge in [0.1, 0.15) is 5.82 Å². The number of pyridine rings is 1. The van der Waals surface area contributed by atoms with E-state index in [1.165, 1.54) is 12.1 Å². The topological polar surface area (TPSA) is 76.7 Å². The molecule has 24 heavy (non-hydrogen) atoms. The van der Waals surface area contributed by atoms with Gasteiger partial charge >= 0.3 is 0 Å². The molecular formula is C18H18FN5. The Balaban J connectivity index is 1.83. The van der Waals surface area contributed by atoms with Crippen LogP contribution in [-0.2, 0) is 0 Å². The molecule has 2 aromatic heterocycles. The van der Waals surface area contributed by atoms with Crippen molar-refractivity contribution >= 4 is 5.69 Å². The van der Waals surface area contributed by atoms with Gasteiger partial charge < -0.3 is 11.1 Å². The van der Waals surface area contributed by atoms with Crippen LogP contribution in [0.25, 0.3) is 11.4 Å². The molecule has 122 valence electrons. The van der Waals surface area contributed by atoms with E-state index in [-0.39, 0.29) is 11.9 Å². The van der Waals surface area contributed by atoms with Crippen LogP contribution >= 0.6 is 0 Å². The van der Waals surface area contributed by atoms with Gasteiger partial charge in [-0.15, -0.1) is 0 Å². The molecule has 0 amide bonds. The standard InChI is InChI=1S/C18H18FN5/c1-12-7-10-21-17(16(12)18-22-8-2-9-23-18)15(20)11-24-14-5-3-13(19)4-6-14/h2-10,15,24H,11,20H2,1H3. The lowest BCUT2D eigenvalue weighted by atomic mass is 10.0. The third-order valence-electron chi connectivity index (χ3n) is 3.70. The summed E-state index contributed by atoms with van der Waals surface area (Å²) in [5, 5.41) is 3.20. The third kappa shape index (κ3) is 3.55. The van der Waals surface area contributed by atoms with Crippen molar-refractivity contribution in [3.63, 3.8) is 0 Å². The highest BCUT2D eigenvalue weighted by Crippen LogP contribution is 2.26. The lowest BCUT2D eigenvalue weighted by Crippen LogP contribution is -2.23. The summed E-state index contributed by atoms with van der Waals surface area (Å²) >= 11 is 0. The summed E-state index contributed by atoms with van der Waals surface area (Å²) in [5.74, 6) is 0.337. The molecule has 1 aromatic carbocycles. The van der Waals surface area contributed by atoms with E-state index in [2.05, 4.69) is 20.3 Å². The Labute approximate surface area is 139 Å². The molecule has 5 nitrogen and oxygen atoms in total. The summed E-state index contributed by atoms with van der Waals surface area (Å²) in [5.41, 5.74) is 9.73. The van der Waals surface area contributed by atoms with Gasteiger partial charge in [-0.05, 0) is 48.9 Å². The van der Waals surface area contributed by atoms with Crippen molar-refractivity contribution < 1.29 is 4.39 Å². The largest absolute Gasteiger partial charge is 0.383 e. The molecule has 0 saturated heterocycles. The van der Waals surface area contributed by atoms with Crippen molar-refractivity contribution in [2.24, 2.45) is 5.73 Å².